The van der Waals surface area contributed by atoms with Crippen LogP contribution < -0.4 is 15.8 Å². The number of aromatic nitrogens is 2. The molecule has 0 aliphatic heterocycles. The Balaban J connectivity index is 1.61. The molecule has 1 aromatic heterocycles. The van der Waals surface area contributed by atoms with Gasteiger partial charge >= 0.3 is 0 Å². The third-order valence-corrected chi connectivity index (χ3v) is 4.74. The Morgan fingerprint density at radius 2 is 1.93 bits per heavy atom. The number of aryl methyl sites for hydroxylation is 2. The molecule has 0 fully saturated rings. The van der Waals surface area contributed by atoms with E-state index in [4.69, 9.17) is 10.5 Å². The minimum Gasteiger partial charge on any atom is -0.494 e. The van der Waals surface area contributed by atoms with Crippen molar-refractivity contribution in [3.63, 3.8) is 0 Å². The summed E-state index contributed by atoms with van der Waals surface area (Å²) in [5, 5.41) is 3.09. The van der Waals surface area contributed by atoms with Crippen molar-refractivity contribution in [1.82, 2.24) is 9.97 Å². The van der Waals surface area contributed by atoms with Crippen molar-refractivity contribution in [2.45, 2.75) is 58.8 Å². The molecule has 1 aromatic carbocycles. The Bertz CT molecular complexity index is 786. The summed E-state index contributed by atoms with van der Waals surface area (Å²) in [5.41, 5.74) is 10.3. The zero-order chi connectivity index (χ0) is 19.1. The van der Waals surface area contributed by atoms with Crippen LogP contribution in [0.3, 0.4) is 0 Å². The molecule has 0 amide bonds. The van der Waals surface area contributed by atoms with E-state index in [-0.39, 0.29) is 5.96 Å². The lowest BCUT2D eigenvalue weighted by Crippen LogP contribution is -2.22. The van der Waals surface area contributed by atoms with Crippen molar-refractivity contribution in [2.24, 2.45) is 10.7 Å². The van der Waals surface area contributed by atoms with Gasteiger partial charge in [0.1, 0.15) is 5.75 Å². The fourth-order valence-corrected chi connectivity index (χ4v) is 3.28. The first-order valence-corrected chi connectivity index (χ1v) is 9.86. The van der Waals surface area contributed by atoms with Gasteiger partial charge in [-0.1, -0.05) is 19.8 Å². The van der Waals surface area contributed by atoms with Crippen molar-refractivity contribution in [1.29, 1.82) is 0 Å². The maximum absolute atomic E-state index is 6.04. The highest BCUT2D eigenvalue weighted by Crippen LogP contribution is 2.23. The van der Waals surface area contributed by atoms with Gasteiger partial charge in [0.25, 0.3) is 5.95 Å². The molecule has 0 saturated carbocycles. The SMILES string of the molecule is CCCCCOc1ccc(NC(N)=Nc2nc(C)c3c(n2)CCCC3)cc1. The van der Waals surface area contributed by atoms with Crippen LogP contribution in [-0.4, -0.2) is 22.5 Å². The predicted octanol–water partition coefficient (Wildman–Crippen LogP) is 4.29. The maximum atomic E-state index is 6.04. The number of benzene rings is 1. The van der Waals surface area contributed by atoms with Crippen LogP contribution in [0.2, 0.25) is 0 Å². The van der Waals surface area contributed by atoms with Gasteiger partial charge in [0, 0.05) is 17.1 Å². The summed E-state index contributed by atoms with van der Waals surface area (Å²) in [4.78, 5) is 13.4. The Morgan fingerprint density at radius 3 is 2.70 bits per heavy atom. The minimum absolute atomic E-state index is 0.279. The molecule has 0 radical (unpaired) electrons. The van der Waals surface area contributed by atoms with E-state index in [0.717, 1.165) is 48.7 Å². The molecule has 0 saturated heterocycles. The second-order valence-electron chi connectivity index (χ2n) is 6.94. The number of nitrogens with one attached hydrogen (secondary N) is 1. The molecular weight excluding hydrogens is 338 g/mol. The summed E-state index contributed by atoms with van der Waals surface area (Å²) in [5.74, 6) is 1.57. The molecule has 6 nitrogen and oxygen atoms in total. The zero-order valence-corrected chi connectivity index (χ0v) is 16.3. The van der Waals surface area contributed by atoms with E-state index in [0.29, 0.717) is 5.95 Å². The van der Waals surface area contributed by atoms with Crippen LogP contribution in [0.15, 0.2) is 29.3 Å². The lowest BCUT2D eigenvalue weighted by Gasteiger charge is -2.16. The number of aliphatic imine (C=N–C) groups is 1. The quantitative estimate of drug-likeness (QED) is 0.433. The van der Waals surface area contributed by atoms with Crippen molar-refractivity contribution >= 4 is 17.6 Å². The van der Waals surface area contributed by atoms with Gasteiger partial charge in [-0.3, -0.25) is 0 Å². The molecule has 2 aromatic rings. The van der Waals surface area contributed by atoms with Crippen LogP contribution in [0.4, 0.5) is 11.6 Å². The van der Waals surface area contributed by atoms with Gasteiger partial charge in [-0.2, -0.15) is 4.99 Å². The van der Waals surface area contributed by atoms with Crippen LogP contribution in [0.25, 0.3) is 0 Å². The first kappa shape index (κ1) is 19.1. The van der Waals surface area contributed by atoms with E-state index in [1.54, 1.807) is 0 Å². The Morgan fingerprint density at radius 1 is 1.15 bits per heavy atom. The summed E-state index contributed by atoms with van der Waals surface area (Å²) in [6, 6.07) is 7.72. The predicted molar refractivity (Wildman–Crippen MR) is 110 cm³/mol. The molecule has 0 bridgehead atoms. The molecule has 0 unspecified atom stereocenters. The van der Waals surface area contributed by atoms with Gasteiger partial charge in [0.15, 0.2) is 0 Å². The molecule has 1 aliphatic rings. The number of unbranched alkanes of at least 4 members (excludes halogenated alkanes) is 2. The minimum atomic E-state index is 0.279. The number of fused-ring (bicyclic) bond motifs is 1. The molecule has 0 spiro atoms. The molecular formula is C21H29N5O. The Hall–Kier alpha value is -2.63. The summed E-state index contributed by atoms with van der Waals surface area (Å²) < 4.78 is 5.72. The number of guanidine groups is 1. The lowest BCUT2D eigenvalue weighted by atomic mass is 9.95. The third-order valence-electron chi connectivity index (χ3n) is 4.74. The van der Waals surface area contributed by atoms with Crippen LogP contribution in [-0.2, 0) is 12.8 Å². The average molecular weight is 367 g/mol. The largest absolute Gasteiger partial charge is 0.494 e. The van der Waals surface area contributed by atoms with Gasteiger partial charge in [-0.15, -0.1) is 0 Å². The van der Waals surface area contributed by atoms with Crippen LogP contribution >= 0.6 is 0 Å². The summed E-state index contributed by atoms with van der Waals surface area (Å²) in [6.07, 6.45) is 7.90. The van der Waals surface area contributed by atoms with Crippen LogP contribution in [0, 0.1) is 6.92 Å². The van der Waals surface area contributed by atoms with Gasteiger partial charge in [-0.25, -0.2) is 9.97 Å². The molecule has 144 valence electrons. The van der Waals surface area contributed by atoms with Crippen molar-refractivity contribution in [3.05, 3.63) is 41.2 Å². The number of nitrogens with two attached hydrogens (primary N) is 1. The molecule has 1 aliphatic carbocycles. The Labute approximate surface area is 161 Å². The average Bonchev–Trinajstić information content (AvgIpc) is 2.66. The topological polar surface area (TPSA) is 85.4 Å². The smallest absolute Gasteiger partial charge is 0.253 e. The van der Waals surface area contributed by atoms with E-state index in [1.807, 2.05) is 31.2 Å². The summed E-state index contributed by atoms with van der Waals surface area (Å²) in [6.45, 7) is 4.95. The van der Waals surface area contributed by atoms with E-state index in [2.05, 4.69) is 27.2 Å². The van der Waals surface area contributed by atoms with E-state index in [1.165, 1.54) is 31.2 Å². The molecule has 3 rings (SSSR count). The number of ether oxygens (including phenoxy) is 1. The molecule has 3 N–H and O–H groups in total. The fourth-order valence-electron chi connectivity index (χ4n) is 3.28. The van der Waals surface area contributed by atoms with Crippen LogP contribution in [0.5, 0.6) is 5.75 Å². The third kappa shape index (κ3) is 5.42. The van der Waals surface area contributed by atoms with Crippen LogP contribution in [0.1, 0.15) is 56.0 Å². The van der Waals surface area contributed by atoms with Crippen molar-refractivity contribution < 1.29 is 4.74 Å². The monoisotopic (exact) mass is 367 g/mol. The second kappa shape index (κ2) is 9.35. The summed E-state index contributed by atoms with van der Waals surface area (Å²) in [7, 11) is 0. The molecule has 0 atom stereocenters. The Kier molecular flexibility index (Phi) is 6.63. The zero-order valence-electron chi connectivity index (χ0n) is 16.3. The highest BCUT2D eigenvalue weighted by atomic mass is 16.5. The molecule has 6 heteroatoms. The standard InChI is InChI=1S/C21H29N5O/c1-3-4-7-14-27-17-12-10-16(11-13-17)24-20(22)26-21-23-15(2)18-8-5-6-9-19(18)25-21/h10-13H,3-9,14H2,1-2H3,(H3,22,23,24,25,26). The molecule has 27 heavy (non-hydrogen) atoms. The molecule has 1 heterocycles. The van der Waals surface area contributed by atoms with Gasteiger partial charge < -0.3 is 15.8 Å². The van der Waals surface area contributed by atoms with Gasteiger partial charge in [-0.05, 0) is 68.9 Å². The highest BCUT2D eigenvalue weighted by molar-refractivity contribution is 5.93. The normalized spacial score (nSPS) is 13.9. The number of hydrogen-bond acceptors (Lipinski definition) is 4. The first-order chi connectivity index (χ1) is 13.2. The van der Waals surface area contributed by atoms with Crippen molar-refractivity contribution in [3.8, 4) is 5.75 Å². The fraction of sp³-hybridized carbons (Fsp3) is 0.476. The highest BCUT2D eigenvalue weighted by Gasteiger charge is 2.15. The van der Waals surface area contributed by atoms with E-state index in [9.17, 15) is 0 Å². The maximum Gasteiger partial charge on any atom is 0.253 e. The number of rotatable bonds is 7. The van der Waals surface area contributed by atoms with Gasteiger partial charge in [0.2, 0.25) is 5.96 Å². The number of nitrogens with zero attached hydrogens (tertiary/aromatic N) is 3. The second-order valence-corrected chi connectivity index (χ2v) is 6.94. The van der Waals surface area contributed by atoms with E-state index >= 15 is 0 Å². The van der Waals surface area contributed by atoms with Crippen molar-refractivity contribution in [2.75, 3.05) is 11.9 Å². The van der Waals surface area contributed by atoms with E-state index < -0.39 is 0 Å². The first-order valence-electron chi connectivity index (χ1n) is 9.86. The number of hydrogen-bond donors (Lipinski definition) is 2. The summed E-state index contributed by atoms with van der Waals surface area (Å²) >= 11 is 0. The van der Waals surface area contributed by atoms with Gasteiger partial charge in [0.05, 0.1) is 6.61 Å². The lowest BCUT2D eigenvalue weighted by molar-refractivity contribution is 0.306. The number of anilines is 1.